The van der Waals surface area contributed by atoms with E-state index in [1.54, 1.807) is 0 Å². The second kappa shape index (κ2) is 6.50. The average molecular weight is 288 g/mol. The summed E-state index contributed by atoms with van der Waals surface area (Å²) >= 11 is 3.39. The van der Waals surface area contributed by atoms with Gasteiger partial charge in [-0.15, -0.1) is 0 Å². The van der Waals surface area contributed by atoms with Crippen molar-refractivity contribution in [3.63, 3.8) is 0 Å². The van der Waals surface area contributed by atoms with Crippen molar-refractivity contribution in [2.24, 2.45) is 0 Å². The molecular formula is C11H14BrNO3. The summed E-state index contributed by atoms with van der Waals surface area (Å²) in [6.07, 6.45) is 7.86. The second-order valence-electron chi connectivity index (χ2n) is 3.06. The van der Waals surface area contributed by atoms with Crippen LogP contribution in [0.25, 0.3) is 0 Å². The number of allylic oxidation sites excluding steroid dienone is 5. The molecule has 0 aromatic carbocycles. The van der Waals surface area contributed by atoms with Crippen molar-refractivity contribution in [3.05, 3.63) is 35.6 Å². The first kappa shape index (κ1) is 13.0. The number of alkyl halides is 1. The van der Waals surface area contributed by atoms with E-state index in [1.165, 1.54) is 14.2 Å². The van der Waals surface area contributed by atoms with Crippen molar-refractivity contribution >= 4 is 22.0 Å². The van der Waals surface area contributed by atoms with Gasteiger partial charge in [-0.2, -0.15) is 5.06 Å². The van der Waals surface area contributed by atoms with E-state index in [4.69, 9.17) is 4.84 Å². The highest BCUT2D eigenvalue weighted by atomic mass is 79.9. The number of rotatable bonds is 3. The lowest BCUT2D eigenvalue weighted by molar-refractivity contribution is -0.0767. The highest BCUT2D eigenvalue weighted by molar-refractivity contribution is 9.09. The van der Waals surface area contributed by atoms with E-state index < -0.39 is 6.09 Å². The van der Waals surface area contributed by atoms with E-state index in [0.717, 1.165) is 17.1 Å². The molecule has 1 amide bonds. The number of nitrogens with zero attached hydrogens (tertiary/aromatic N) is 1. The zero-order chi connectivity index (χ0) is 12.0. The molecule has 0 saturated carbocycles. The lowest BCUT2D eigenvalue weighted by atomic mass is 10.2. The maximum Gasteiger partial charge on any atom is 0.438 e. The molecule has 0 radical (unpaired) electrons. The van der Waals surface area contributed by atoms with Crippen LogP contribution in [0.5, 0.6) is 0 Å². The van der Waals surface area contributed by atoms with Crippen molar-refractivity contribution in [2.75, 3.05) is 19.5 Å². The minimum atomic E-state index is -0.539. The van der Waals surface area contributed by atoms with Crippen LogP contribution in [0, 0.1) is 0 Å². The third kappa shape index (κ3) is 2.96. The Morgan fingerprint density at radius 2 is 2.25 bits per heavy atom. The Morgan fingerprint density at radius 1 is 1.50 bits per heavy atom. The van der Waals surface area contributed by atoms with Gasteiger partial charge in [0.25, 0.3) is 0 Å². The predicted octanol–water partition coefficient (Wildman–Crippen LogP) is 2.78. The van der Waals surface area contributed by atoms with Crippen molar-refractivity contribution in [1.82, 2.24) is 5.06 Å². The normalized spacial score (nSPS) is 14.9. The molecule has 0 bridgehead atoms. The van der Waals surface area contributed by atoms with Gasteiger partial charge in [0.05, 0.1) is 19.9 Å². The minimum absolute atomic E-state index is 0.539. The largest absolute Gasteiger partial charge is 0.451 e. The molecule has 1 aliphatic rings. The third-order valence-corrected chi connectivity index (χ3v) is 2.81. The standard InChI is InChI=1S/C11H14BrNO3/c1-15-11(14)13(16-2)10-7-5-3-4-6-9(10)8-12/h3-5,7H,6,8H2,1-2H3. The molecule has 5 heteroatoms. The summed E-state index contributed by atoms with van der Waals surface area (Å²) in [5, 5.41) is 1.81. The maximum absolute atomic E-state index is 11.5. The quantitative estimate of drug-likeness (QED) is 0.592. The van der Waals surface area contributed by atoms with Crippen molar-refractivity contribution in [1.29, 1.82) is 0 Å². The molecular weight excluding hydrogens is 274 g/mol. The molecule has 0 aromatic rings. The van der Waals surface area contributed by atoms with Gasteiger partial charge in [0.2, 0.25) is 0 Å². The number of ether oxygens (including phenoxy) is 1. The summed E-state index contributed by atoms with van der Waals surface area (Å²) in [5.74, 6) is 0. The zero-order valence-corrected chi connectivity index (χ0v) is 10.9. The first-order chi connectivity index (χ1) is 7.74. The summed E-state index contributed by atoms with van der Waals surface area (Å²) in [7, 11) is 2.75. The Balaban J connectivity index is 3.05. The van der Waals surface area contributed by atoms with Crippen molar-refractivity contribution in [2.45, 2.75) is 6.42 Å². The molecule has 0 spiro atoms. The molecule has 16 heavy (non-hydrogen) atoms. The summed E-state index contributed by atoms with van der Waals surface area (Å²) in [6, 6.07) is 0. The van der Waals surface area contributed by atoms with Gasteiger partial charge >= 0.3 is 6.09 Å². The van der Waals surface area contributed by atoms with Gasteiger partial charge in [0, 0.05) is 5.33 Å². The highest BCUT2D eigenvalue weighted by Crippen LogP contribution is 2.21. The zero-order valence-electron chi connectivity index (χ0n) is 9.27. The SMILES string of the molecule is COC(=O)N(OC)C1=C(CBr)CC=CC=C1. The lowest BCUT2D eigenvalue weighted by Crippen LogP contribution is -2.29. The number of hydrogen-bond donors (Lipinski definition) is 0. The summed E-state index contributed by atoms with van der Waals surface area (Å²) in [4.78, 5) is 16.5. The number of hydrogen-bond acceptors (Lipinski definition) is 3. The van der Waals surface area contributed by atoms with E-state index in [2.05, 4.69) is 20.7 Å². The van der Waals surface area contributed by atoms with Crippen molar-refractivity contribution < 1.29 is 14.4 Å². The first-order valence-electron chi connectivity index (χ1n) is 4.78. The predicted molar refractivity (Wildman–Crippen MR) is 65.0 cm³/mol. The molecule has 0 N–H and O–H groups in total. The monoisotopic (exact) mass is 287 g/mol. The van der Waals surface area contributed by atoms with E-state index >= 15 is 0 Å². The van der Waals surface area contributed by atoms with Gasteiger partial charge in [-0.1, -0.05) is 34.2 Å². The van der Waals surface area contributed by atoms with Crippen LogP contribution in [0.4, 0.5) is 4.79 Å². The van der Waals surface area contributed by atoms with Gasteiger partial charge < -0.3 is 4.74 Å². The van der Waals surface area contributed by atoms with Gasteiger partial charge in [0.1, 0.15) is 0 Å². The number of amides is 1. The smallest absolute Gasteiger partial charge is 0.438 e. The molecule has 0 heterocycles. The Morgan fingerprint density at radius 3 is 2.81 bits per heavy atom. The molecule has 0 atom stereocenters. The number of halogens is 1. The van der Waals surface area contributed by atoms with Crippen LogP contribution in [0.1, 0.15) is 6.42 Å². The lowest BCUT2D eigenvalue weighted by Gasteiger charge is -2.21. The molecule has 1 rings (SSSR count). The van der Waals surface area contributed by atoms with Crippen LogP contribution >= 0.6 is 15.9 Å². The Kier molecular flexibility index (Phi) is 5.28. The van der Waals surface area contributed by atoms with Crippen LogP contribution in [0.2, 0.25) is 0 Å². The molecule has 0 aliphatic heterocycles. The number of hydroxylamine groups is 2. The third-order valence-electron chi connectivity index (χ3n) is 2.13. The molecule has 4 nitrogen and oxygen atoms in total. The van der Waals surface area contributed by atoms with Crippen molar-refractivity contribution in [3.8, 4) is 0 Å². The minimum Gasteiger partial charge on any atom is -0.451 e. The van der Waals surface area contributed by atoms with E-state index in [1.807, 2.05) is 24.3 Å². The van der Waals surface area contributed by atoms with Crippen LogP contribution in [-0.2, 0) is 9.57 Å². The molecule has 0 unspecified atom stereocenters. The Labute approximate surface area is 103 Å². The number of methoxy groups -OCH3 is 1. The molecule has 1 aliphatic carbocycles. The number of carbonyl (C=O) groups is 1. The Hall–Kier alpha value is -1.07. The van der Waals surface area contributed by atoms with E-state index in [0.29, 0.717) is 11.0 Å². The van der Waals surface area contributed by atoms with E-state index in [-0.39, 0.29) is 0 Å². The first-order valence-corrected chi connectivity index (χ1v) is 5.90. The molecule has 0 fully saturated rings. The highest BCUT2D eigenvalue weighted by Gasteiger charge is 2.20. The summed E-state index contributed by atoms with van der Waals surface area (Å²) < 4.78 is 4.65. The topological polar surface area (TPSA) is 38.8 Å². The van der Waals surface area contributed by atoms with Gasteiger partial charge in [-0.3, -0.25) is 4.84 Å². The fraction of sp³-hybridized carbons (Fsp3) is 0.364. The van der Waals surface area contributed by atoms with Crippen LogP contribution in [-0.4, -0.2) is 30.7 Å². The van der Waals surface area contributed by atoms with E-state index in [9.17, 15) is 4.79 Å². The molecule has 88 valence electrons. The van der Waals surface area contributed by atoms with Gasteiger partial charge in [-0.05, 0) is 18.1 Å². The summed E-state index contributed by atoms with van der Waals surface area (Å²) in [5.41, 5.74) is 1.76. The second-order valence-corrected chi connectivity index (χ2v) is 3.62. The van der Waals surface area contributed by atoms with Gasteiger partial charge in [0.15, 0.2) is 0 Å². The Bertz CT molecular complexity index is 347. The fourth-order valence-electron chi connectivity index (χ4n) is 1.35. The van der Waals surface area contributed by atoms with Gasteiger partial charge in [-0.25, -0.2) is 4.79 Å². The fourth-order valence-corrected chi connectivity index (χ4v) is 1.86. The number of carbonyl (C=O) groups excluding carboxylic acids is 1. The average Bonchev–Trinajstić information content (AvgIpc) is 2.55. The van der Waals surface area contributed by atoms with Crippen LogP contribution in [0.3, 0.4) is 0 Å². The van der Waals surface area contributed by atoms with Crippen LogP contribution in [0.15, 0.2) is 35.6 Å². The molecule has 0 saturated heterocycles. The molecule has 0 aromatic heterocycles. The summed E-state index contributed by atoms with van der Waals surface area (Å²) in [6.45, 7) is 0. The maximum atomic E-state index is 11.5. The van der Waals surface area contributed by atoms with Crippen LogP contribution < -0.4 is 0 Å².